The second kappa shape index (κ2) is 7.91. The van der Waals surface area contributed by atoms with Crippen LogP contribution < -0.4 is 10.8 Å². The van der Waals surface area contributed by atoms with Crippen molar-refractivity contribution in [3.8, 4) is 0 Å². The third kappa shape index (κ3) is 4.38. The highest BCUT2D eigenvalue weighted by Crippen LogP contribution is 2.30. The summed E-state index contributed by atoms with van der Waals surface area (Å²) in [6, 6.07) is 2.25. The minimum absolute atomic E-state index is 0.0884. The fraction of sp³-hybridized carbons (Fsp3) is 0.625. The van der Waals surface area contributed by atoms with Gasteiger partial charge in [-0.25, -0.2) is 10.3 Å². The van der Waals surface area contributed by atoms with Gasteiger partial charge in [-0.05, 0) is 31.4 Å². The lowest BCUT2D eigenvalue weighted by Gasteiger charge is -2.29. The summed E-state index contributed by atoms with van der Waals surface area (Å²) in [6.07, 6.45) is 5.57. The molecule has 4 rings (SSSR count). The Bertz CT molecular complexity index is 861. The second-order valence-corrected chi connectivity index (χ2v) is 8.42. The Labute approximate surface area is 167 Å². The van der Waals surface area contributed by atoms with Gasteiger partial charge in [-0.2, -0.15) is 13.5 Å². The van der Waals surface area contributed by atoms with E-state index in [4.69, 9.17) is 9.39 Å². The molecule has 4 heterocycles. The first kappa shape index (κ1) is 20.1. The van der Waals surface area contributed by atoms with Crippen molar-refractivity contribution in [1.29, 1.82) is 0 Å². The molecule has 3 aliphatic heterocycles. The van der Waals surface area contributed by atoms with Gasteiger partial charge in [-0.1, -0.05) is 0 Å². The summed E-state index contributed by atoms with van der Waals surface area (Å²) in [4.78, 5) is 31.4. The van der Waals surface area contributed by atoms with E-state index in [2.05, 4.69) is 19.6 Å². The number of carbonyl (C=O) groups is 2. The Morgan fingerprint density at radius 3 is 2.76 bits per heavy atom. The maximum absolute atomic E-state index is 12.5. The molecule has 29 heavy (non-hydrogen) atoms. The molecule has 0 saturated carbocycles. The summed E-state index contributed by atoms with van der Waals surface area (Å²) < 4.78 is 37.1. The molecule has 0 unspecified atom stereocenters. The van der Waals surface area contributed by atoms with Gasteiger partial charge in [0.05, 0.1) is 12.6 Å². The van der Waals surface area contributed by atoms with E-state index in [0.29, 0.717) is 23.9 Å². The Balaban J connectivity index is 1.25. The van der Waals surface area contributed by atoms with Gasteiger partial charge in [-0.3, -0.25) is 14.2 Å². The number of hydrogen-bond donors (Lipinski definition) is 3. The molecule has 160 valence electrons. The van der Waals surface area contributed by atoms with Gasteiger partial charge in [0.1, 0.15) is 6.04 Å². The van der Waals surface area contributed by atoms with Crippen molar-refractivity contribution >= 4 is 22.3 Å². The van der Waals surface area contributed by atoms with Gasteiger partial charge < -0.3 is 14.8 Å². The number of hydrogen-bond acceptors (Lipinski definition) is 7. The quantitative estimate of drug-likeness (QED) is 0.387. The Kier molecular flexibility index (Phi) is 5.48. The van der Waals surface area contributed by atoms with E-state index < -0.39 is 34.4 Å². The smallest absolute Gasteiger partial charge is 0.350 e. The first-order chi connectivity index (χ1) is 13.8. The monoisotopic (exact) mass is 429 g/mol. The lowest BCUT2D eigenvalue weighted by atomic mass is 10.0. The van der Waals surface area contributed by atoms with E-state index in [-0.39, 0.29) is 19.2 Å². The lowest BCUT2D eigenvalue weighted by Crippen LogP contribution is -2.50. The van der Waals surface area contributed by atoms with E-state index in [1.807, 2.05) is 24.5 Å². The van der Waals surface area contributed by atoms with Crippen molar-refractivity contribution < 1.29 is 31.7 Å². The molecule has 3 saturated heterocycles. The summed E-state index contributed by atoms with van der Waals surface area (Å²) in [6.45, 7) is 1.23. The van der Waals surface area contributed by atoms with Crippen LogP contribution in [0.2, 0.25) is 0 Å². The topological polar surface area (TPSA) is 142 Å². The van der Waals surface area contributed by atoms with Crippen molar-refractivity contribution in [3.63, 3.8) is 0 Å². The number of amides is 3. The van der Waals surface area contributed by atoms with Crippen molar-refractivity contribution in [3.05, 3.63) is 24.5 Å². The van der Waals surface area contributed by atoms with E-state index >= 15 is 0 Å². The summed E-state index contributed by atoms with van der Waals surface area (Å²) in [5.74, 6) is -0.481. The highest BCUT2D eigenvalue weighted by molar-refractivity contribution is 7.80. The van der Waals surface area contributed by atoms with Crippen molar-refractivity contribution in [2.24, 2.45) is 0 Å². The molecule has 3 amide bonds. The van der Waals surface area contributed by atoms with Crippen molar-refractivity contribution in [2.45, 2.75) is 43.4 Å². The average Bonchev–Trinajstić information content (AvgIpc) is 3.39. The number of piperidine rings is 1. The van der Waals surface area contributed by atoms with Crippen LogP contribution in [0.4, 0.5) is 4.79 Å². The first-order valence-corrected chi connectivity index (χ1v) is 10.7. The van der Waals surface area contributed by atoms with Crippen molar-refractivity contribution in [1.82, 2.24) is 25.3 Å². The number of fused-ring (bicyclic) bond motifs is 2. The number of aromatic nitrogens is 1. The van der Waals surface area contributed by atoms with E-state index in [1.165, 1.54) is 4.90 Å². The highest BCUT2D eigenvalue weighted by Gasteiger charge is 2.49. The third-order valence-electron chi connectivity index (χ3n) is 5.51. The van der Waals surface area contributed by atoms with Crippen LogP contribution in [0.3, 0.4) is 0 Å². The largest absolute Gasteiger partial charge is 0.418 e. The second-order valence-electron chi connectivity index (χ2n) is 7.41. The maximum atomic E-state index is 12.5. The molecule has 0 aliphatic carbocycles. The molecular formula is C16H23N5O7S. The molecule has 1 aromatic heterocycles. The minimum atomic E-state index is -4.82. The number of urea groups is 1. The van der Waals surface area contributed by atoms with E-state index in [1.54, 1.807) is 0 Å². The van der Waals surface area contributed by atoms with Crippen LogP contribution >= 0.6 is 0 Å². The number of hydroxylamine groups is 3. The van der Waals surface area contributed by atoms with Gasteiger partial charge >= 0.3 is 16.4 Å². The predicted molar refractivity (Wildman–Crippen MR) is 97.4 cm³/mol. The number of nitrogens with one attached hydrogen (secondary N) is 2. The molecule has 3 fully saturated rings. The summed E-state index contributed by atoms with van der Waals surface area (Å²) in [5.41, 5.74) is 2.39. The van der Waals surface area contributed by atoms with Crippen LogP contribution in [0.5, 0.6) is 0 Å². The van der Waals surface area contributed by atoms with Gasteiger partial charge in [0.2, 0.25) is 0 Å². The summed E-state index contributed by atoms with van der Waals surface area (Å²) >= 11 is 0. The van der Waals surface area contributed by atoms with Gasteiger partial charge in [-0.15, -0.1) is 4.28 Å². The summed E-state index contributed by atoms with van der Waals surface area (Å²) in [5, 5.41) is 3.95. The highest BCUT2D eigenvalue weighted by atomic mass is 32.3. The third-order valence-corrected chi connectivity index (χ3v) is 5.85. The predicted octanol–water partition coefficient (Wildman–Crippen LogP) is -0.558. The van der Waals surface area contributed by atoms with Crippen molar-refractivity contribution in [2.75, 3.05) is 19.7 Å². The zero-order chi connectivity index (χ0) is 20.6. The van der Waals surface area contributed by atoms with E-state index in [0.717, 1.165) is 13.0 Å². The number of nitrogens with zero attached hydrogens (tertiary/aromatic N) is 3. The van der Waals surface area contributed by atoms with Crippen LogP contribution in [0.25, 0.3) is 0 Å². The molecular weight excluding hydrogens is 406 g/mol. The fourth-order valence-corrected chi connectivity index (χ4v) is 4.52. The van der Waals surface area contributed by atoms with Crippen LogP contribution in [0.1, 0.15) is 25.3 Å². The molecule has 3 aliphatic rings. The van der Waals surface area contributed by atoms with Crippen LogP contribution in [-0.2, 0) is 24.3 Å². The molecule has 13 heteroatoms. The number of rotatable bonds is 7. The SMILES string of the molecule is O=C(NOC[C@H]1C[C@H](n2cccc2)CN1)[C@@H]1CC[C@@H]2CN1C(=O)N2OS(=O)(=O)O. The fourth-order valence-electron chi connectivity index (χ4n) is 4.13. The average molecular weight is 429 g/mol. The van der Waals surface area contributed by atoms with E-state index in [9.17, 15) is 18.0 Å². The van der Waals surface area contributed by atoms with Crippen LogP contribution in [0.15, 0.2) is 24.5 Å². The minimum Gasteiger partial charge on any atom is -0.350 e. The zero-order valence-corrected chi connectivity index (χ0v) is 16.3. The molecule has 1 aromatic rings. The Morgan fingerprint density at radius 1 is 1.28 bits per heavy atom. The lowest BCUT2D eigenvalue weighted by molar-refractivity contribution is -0.139. The normalized spacial score (nSPS) is 29.5. The molecule has 12 nitrogen and oxygen atoms in total. The number of carbonyl (C=O) groups excluding carboxylic acids is 2. The zero-order valence-electron chi connectivity index (χ0n) is 15.5. The van der Waals surface area contributed by atoms with Gasteiger partial charge in [0, 0.05) is 37.6 Å². The molecule has 0 radical (unpaired) electrons. The van der Waals surface area contributed by atoms with Gasteiger partial charge in [0.25, 0.3) is 5.91 Å². The summed E-state index contributed by atoms with van der Waals surface area (Å²) in [7, 11) is -4.82. The van der Waals surface area contributed by atoms with Crippen LogP contribution in [-0.4, -0.2) is 77.3 Å². The Morgan fingerprint density at radius 2 is 2.03 bits per heavy atom. The van der Waals surface area contributed by atoms with Gasteiger partial charge in [0.15, 0.2) is 0 Å². The molecule has 3 N–H and O–H groups in total. The maximum Gasteiger partial charge on any atom is 0.418 e. The molecule has 4 atom stereocenters. The molecule has 0 aromatic carbocycles. The first-order valence-electron chi connectivity index (χ1n) is 9.36. The standard InChI is InChI=1S/C16H23N5O7S/c22-15(18-27-10-11-7-13(8-17-11)19-5-1-2-6-19)14-4-3-12-9-20(14)16(23)21(12)28-29(24,25)26/h1-2,5-6,11-14,17H,3-4,7-10H2,(H,18,22)(H,24,25,26)/t11-,12-,13+,14+/m1/s1. The molecule has 0 spiro atoms. The van der Waals surface area contributed by atoms with Crippen LogP contribution in [0, 0.1) is 0 Å². The Hall–Kier alpha value is -2.19. The molecule has 2 bridgehead atoms.